The Morgan fingerprint density at radius 2 is 1.59 bits per heavy atom. The summed E-state index contributed by atoms with van der Waals surface area (Å²) in [6.07, 6.45) is 8.39. The molecule has 1 rings (SSSR count). The van der Waals surface area contributed by atoms with Gasteiger partial charge in [-0.3, -0.25) is 0 Å². The monoisotopic (exact) mass is 233 g/mol. The molecule has 0 saturated carbocycles. The molecule has 0 aliphatic heterocycles. The lowest BCUT2D eigenvalue weighted by molar-refractivity contribution is 0.475. The summed E-state index contributed by atoms with van der Waals surface area (Å²) in [6, 6.07) is 6.92. The highest BCUT2D eigenvalue weighted by molar-refractivity contribution is 5.98. The van der Waals surface area contributed by atoms with Crippen molar-refractivity contribution in [1.82, 2.24) is 0 Å². The van der Waals surface area contributed by atoms with Gasteiger partial charge in [0.15, 0.2) is 0 Å². The molecule has 2 heteroatoms. The van der Waals surface area contributed by atoms with Gasteiger partial charge in [-0.2, -0.15) is 0 Å². The molecule has 0 bridgehead atoms. The first-order chi connectivity index (χ1) is 8.24. The van der Waals surface area contributed by atoms with E-state index in [0.29, 0.717) is 5.71 Å². The van der Waals surface area contributed by atoms with E-state index in [2.05, 4.69) is 6.92 Å². The lowest BCUT2D eigenvalue weighted by Crippen LogP contribution is -1.98. The average Bonchev–Trinajstić information content (AvgIpc) is 2.34. The maximum Gasteiger partial charge on any atom is 0.115 e. The van der Waals surface area contributed by atoms with Crippen LogP contribution < -0.4 is 0 Å². The Morgan fingerprint density at radius 1 is 1.00 bits per heavy atom. The molecule has 0 amide bonds. The van der Waals surface area contributed by atoms with E-state index in [1.165, 1.54) is 32.1 Å². The molecule has 1 aromatic rings. The third kappa shape index (κ3) is 5.53. The number of aromatic hydroxyl groups is 1. The van der Waals surface area contributed by atoms with E-state index in [9.17, 15) is 0 Å². The average molecular weight is 233 g/mol. The molecule has 94 valence electrons. The summed E-state index contributed by atoms with van der Waals surface area (Å²) >= 11 is 0. The second-order valence-electron chi connectivity index (χ2n) is 4.54. The van der Waals surface area contributed by atoms with E-state index < -0.39 is 0 Å². The first kappa shape index (κ1) is 13.8. The van der Waals surface area contributed by atoms with Gasteiger partial charge < -0.3 is 10.5 Å². The summed E-state index contributed by atoms with van der Waals surface area (Å²) in [6.45, 7) is 2.22. The molecule has 0 aromatic heterocycles. The molecular weight excluding hydrogens is 210 g/mol. The molecule has 17 heavy (non-hydrogen) atoms. The van der Waals surface area contributed by atoms with Crippen molar-refractivity contribution in [3.05, 3.63) is 29.8 Å². The number of phenols is 1. The van der Waals surface area contributed by atoms with E-state index in [1.807, 2.05) is 12.1 Å². The number of phenolic OH excluding ortho intramolecular Hbond substituents is 1. The van der Waals surface area contributed by atoms with Crippen LogP contribution in [-0.2, 0) is 0 Å². The smallest absolute Gasteiger partial charge is 0.115 e. The normalized spacial score (nSPS) is 10.4. The van der Waals surface area contributed by atoms with Crippen LogP contribution in [0.2, 0.25) is 0 Å². The number of unbranched alkanes of at least 4 members (excludes halogenated alkanes) is 5. The molecule has 0 heterocycles. The Labute approximate surface area is 104 Å². The number of rotatable bonds is 8. The molecule has 0 spiro atoms. The molecule has 0 saturated heterocycles. The van der Waals surface area contributed by atoms with Gasteiger partial charge >= 0.3 is 0 Å². The zero-order valence-electron chi connectivity index (χ0n) is 10.7. The maximum absolute atomic E-state index is 9.16. The van der Waals surface area contributed by atoms with Crippen LogP contribution in [0.15, 0.2) is 24.3 Å². The van der Waals surface area contributed by atoms with Gasteiger partial charge in [0.1, 0.15) is 5.75 Å². The molecule has 0 aliphatic carbocycles. The Morgan fingerprint density at radius 3 is 2.24 bits per heavy atom. The number of benzene rings is 1. The van der Waals surface area contributed by atoms with Gasteiger partial charge in [-0.05, 0) is 42.7 Å². The van der Waals surface area contributed by atoms with Crippen LogP contribution in [0.4, 0.5) is 0 Å². The largest absolute Gasteiger partial charge is 0.508 e. The van der Waals surface area contributed by atoms with Gasteiger partial charge in [0, 0.05) is 5.71 Å². The minimum Gasteiger partial charge on any atom is -0.508 e. The highest BCUT2D eigenvalue weighted by atomic mass is 16.3. The number of hydrogen-bond acceptors (Lipinski definition) is 2. The van der Waals surface area contributed by atoms with Crippen molar-refractivity contribution >= 4 is 5.71 Å². The Kier molecular flexibility index (Phi) is 6.38. The fourth-order valence-corrected chi connectivity index (χ4v) is 1.89. The summed E-state index contributed by atoms with van der Waals surface area (Å²) in [5.41, 5.74) is 1.61. The van der Waals surface area contributed by atoms with Crippen LogP contribution in [0, 0.1) is 5.41 Å². The van der Waals surface area contributed by atoms with Crippen LogP contribution in [0.3, 0.4) is 0 Å². The number of nitrogens with one attached hydrogen (secondary N) is 1. The molecule has 2 nitrogen and oxygen atoms in total. The van der Waals surface area contributed by atoms with E-state index in [0.717, 1.165) is 18.4 Å². The number of hydrogen-bond donors (Lipinski definition) is 2. The fraction of sp³-hybridized carbons (Fsp3) is 0.533. The van der Waals surface area contributed by atoms with Crippen LogP contribution in [0.25, 0.3) is 0 Å². The summed E-state index contributed by atoms with van der Waals surface area (Å²) in [5.74, 6) is 0.265. The van der Waals surface area contributed by atoms with Gasteiger partial charge in [0.2, 0.25) is 0 Å². The van der Waals surface area contributed by atoms with Crippen molar-refractivity contribution in [3.63, 3.8) is 0 Å². The Balaban J connectivity index is 2.19. The standard InChI is InChI=1S/C15H23NO/c1-2-3-4-5-6-7-8-15(16)13-9-11-14(17)12-10-13/h9-12,16-17H,2-8H2,1H3. The van der Waals surface area contributed by atoms with Gasteiger partial charge in [-0.1, -0.05) is 39.0 Å². The predicted molar refractivity (Wildman–Crippen MR) is 72.9 cm³/mol. The zero-order chi connectivity index (χ0) is 12.5. The van der Waals surface area contributed by atoms with Gasteiger partial charge in [0.05, 0.1) is 0 Å². The summed E-state index contributed by atoms with van der Waals surface area (Å²) < 4.78 is 0. The first-order valence-corrected chi connectivity index (χ1v) is 6.61. The molecular formula is C15H23NO. The van der Waals surface area contributed by atoms with E-state index >= 15 is 0 Å². The second kappa shape index (κ2) is 7.88. The molecule has 1 aromatic carbocycles. The molecule has 0 fully saturated rings. The van der Waals surface area contributed by atoms with E-state index in [1.54, 1.807) is 12.1 Å². The lowest BCUT2D eigenvalue weighted by Gasteiger charge is -2.04. The van der Waals surface area contributed by atoms with Gasteiger partial charge in [-0.15, -0.1) is 0 Å². The van der Waals surface area contributed by atoms with Crippen LogP contribution >= 0.6 is 0 Å². The predicted octanol–water partition coefficient (Wildman–Crippen LogP) is 4.51. The van der Waals surface area contributed by atoms with E-state index in [4.69, 9.17) is 10.5 Å². The van der Waals surface area contributed by atoms with Crippen molar-refractivity contribution in [2.24, 2.45) is 0 Å². The third-order valence-corrected chi connectivity index (χ3v) is 3.00. The summed E-state index contributed by atoms with van der Waals surface area (Å²) in [4.78, 5) is 0. The van der Waals surface area contributed by atoms with Crippen molar-refractivity contribution in [2.75, 3.05) is 0 Å². The van der Waals surface area contributed by atoms with Crippen molar-refractivity contribution < 1.29 is 5.11 Å². The van der Waals surface area contributed by atoms with E-state index in [-0.39, 0.29) is 5.75 Å². The highest BCUT2D eigenvalue weighted by Gasteiger charge is 2.01. The highest BCUT2D eigenvalue weighted by Crippen LogP contribution is 2.13. The molecule has 0 aliphatic rings. The molecule has 0 unspecified atom stereocenters. The minimum absolute atomic E-state index is 0.265. The van der Waals surface area contributed by atoms with Gasteiger partial charge in [0.25, 0.3) is 0 Å². The SMILES string of the molecule is CCCCCCCCC(=N)c1ccc(O)cc1. The van der Waals surface area contributed by atoms with Crippen molar-refractivity contribution in [1.29, 1.82) is 5.41 Å². The van der Waals surface area contributed by atoms with Crippen LogP contribution in [0.1, 0.15) is 57.4 Å². The quantitative estimate of drug-likeness (QED) is 0.503. The molecule has 0 atom stereocenters. The first-order valence-electron chi connectivity index (χ1n) is 6.61. The third-order valence-electron chi connectivity index (χ3n) is 3.00. The second-order valence-corrected chi connectivity index (χ2v) is 4.54. The lowest BCUT2D eigenvalue weighted by atomic mass is 10.0. The Hall–Kier alpha value is -1.31. The van der Waals surface area contributed by atoms with Gasteiger partial charge in [-0.25, -0.2) is 0 Å². The summed E-state index contributed by atoms with van der Waals surface area (Å²) in [5, 5.41) is 17.1. The zero-order valence-corrected chi connectivity index (χ0v) is 10.7. The summed E-state index contributed by atoms with van der Waals surface area (Å²) in [7, 11) is 0. The van der Waals surface area contributed by atoms with Crippen molar-refractivity contribution in [2.45, 2.75) is 51.9 Å². The fourth-order valence-electron chi connectivity index (χ4n) is 1.89. The molecule has 0 radical (unpaired) electrons. The van der Waals surface area contributed by atoms with Crippen LogP contribution in [-0.4, -0.2) is 10.8 Å². The molecule has 2 N–H and O–H groups in total. The maximum atomic E-state index is 9.16. The topological polar surface area (TPSA) is 44.1 Å². The van der Waals surface area contributed by atoms with Crippen LogP contribution in [0.5, 0.6) is 5.75 Å². The minimum atomic E-state index is 0.265. The Bertz CT molecular complexity index is 329. The van der Waals surface area contributed by atoms with Crippen molar-refractivity contribution in [3.8, 4) is 5.75 Å².